The maximum Gasteiger partial charge on any atom is 0.240 e. The zero-order valence-corrected chi connectivity index (χ0v) is 17.1. The minimum absolute atomic E-state index is 0.0199. The predicted octanol–water partition coefficient (Wildman–Crippen LogP) is 1.78. The summed E-state index contributed by atoms with van der Waals surface area (Å²) in [6, 6.07) is 14.4. The summed E-state index contributed by atoms with van der Waals surface area (Å²) < 4.78 is 35.8. The predicted molar refractivity (Wildman–Crippen MR) is 110 cm³/mol. The van der Waals surface area contributed by atoms with E-state index in [0.29, 0.717) is 30.2 Å². The van der Waals surface area contributed by atoms with Crippen LogP contribution in [0.2, 0.25) is 0 Å². The molecule has 0 saturated heterocycles. The van der Waals surface area contributed by atoms with E-state index in [1.54, 1.807) is 42.0 Å². The highest BCUT2D eigenvalue weighted by Gasteiger charge is 2.17. The lowest BCUT2D eigenvalue weighted by atomic mass is 10.3. The van der Waals surface area contributed by atoms with Crippen molar-refractivity contribution in [2.24, 2.45) is 0 Å². The van der Waals surface area contributed by atoms with Crippen molar-refractivity contribution in [3.05, 3.63) is 54.4 Å². The largest absolute Gasteiger partial charge is 0.497 e. The fourth-order valence-corrected chi connectivity index (χ4v) is 3.57. The molecular weight excluding hydrogens is 394 g/mol. The summed E-state index contributed by atoms with van der Waals surface area (Å²) in [6.07, 6.45) is 1.15. The fraction of sp³-hybridized carbons (Fsp3) is 0.300. The van der Waals surface area contributed by atoms with E-state index in [1.165, 1.54) is 0 Å². The number of methoxy groups -OCH3 is 1. The molecule has 29 heavy (non-hydrogen) atoms. The van der Waals surface area contributed by atoms with Gasteiger partial charge >= 0.3 is 0 Å². The number of carbonyl (C=O) groups is 1. The zero-order chi connectivity index (χ0) is 20.9. The van der Waals surface area contributed by atoms with E-state index in [9.17, 15) is 13.2 Å². The maximum atomic E-state index is 12.4. The van der Waals surface area contributed by atoms with Gasteiger partial charge in [-0.05, 0) is 36.4 Å². The van der Waals surface area contributed by atoms with Gasteiger partial charge in [-0.1, -0.05) is 12.1 Å². The number of carbonyl (C=O) groups excluding carboxylic acids is 1. The van der Waals surface area contributed by atoms with Crippen LogP contribution in [0.15, 0.2) is 48.5 Å². The van der Waals surface area contributed by atoms with Crippen molar-refractivity contribution < 1.29 is 22.7 Å². The molecule has 1 N–H and O–H groups in total. The first-order valence-electron chi connectivity index (χ1n) is 9.01. The van der Waals surface area contributed by atoms with Crippen LogP contribution in [0.1, 0.15) is 5.82 Å². The average molecular weight is 417 g/mol. The van der Waals surface area contributed by atoms with Gasteiger partial charge in [0.1, 0.15) is 36.2 Å². The number of hydrogen-bond acceptors (Lipinski definition) is 6. The molecule has 2 aromatic carbocycles. The Morgan fingerprint density at radius 2 is 1.79 bits per heavy atom. The molecule has 0 radical (unpaired) electrons. The molecule has 0 atom stereocenters. The van der Waals surface area contributed by atoms with Gasteiger partial charge in [0.2, 0.25) is 5.91 Å². The van der Waals surface area contributed by atoms with Gasteiger partial charge < -0.3 is 19.4 Å². The summed E-state index contributed by atoms with van der Waals surface area (Å²) in [7, 11) is -1.69. The number of fused-ring (bicyclic) bond motifs is 1. The first kappa shape index (κ1) is 20.7. The van der Waals surface area contributed by atoms with E-state index in [1.807, 2.05) is 18.2 Å². The summed E-state index contributed by atoms with van der Waals surface area (Å²) in [4.78, 5) is 16.8. The third-order valence-electron chi connectivity index (χ3n) is 4.18. The number of nitrogens with zero attached hydrogens (tertiary/aromatic N) is 2. The smallest absolute Gasteiger partial charge is 0.240 e. The number of para-hydroxylation sites is 2. The van der Waals surface area contributed by atoms with Crippen LogP contribution in [0.5, 0.6) is 11.5 Å². The Morgan fingerprint density at radius 1 is 1.10 bits per heavy atom. The summed E-state index contributed by atoms with van der Waals surface area (Å²) in [5.74, 6) is 1.29. The Hall–Kier alpha value is -3.07. The molecule has 9 heteroatoms. The number of nitrogens with one attached hydrogen (secondary N) is 1. The molecule has 3 rings (SSSR count). The van der Waals surface area contributed by atoms with Crippen molar-refractivity contribution >= 4 is 26.8 Å². The van der Waals surface area contributed by atoms with E-state index in [0.717, 1.165) is 17.5 Å². The van der Waals surface area contributed by atoms with Crippen molar-refractivity contribution in [2.45, 2.75) is 12.3 Å². The molecule has 0 aliphatic rings. The first-order valence-corrected chi connectivity index (χ1v) is 11.1. The molecule has 0 saturated carbocycles. The SMILES string of the molecule is COc1ccc(OCCNC(=O)Cn2c(CS(C)(=O)=O)nc3ccccc32)cc1. The Morgan fingerprint density at radius 3 is 2.48 bits per heavy atom. The standard InChI is InChI=1S/C20H23N3O5S/c1-27-15-7-9-16(10-8-15)28-12-11-21-20(24)13-23-18-6-4-3-5-17(18)22-19(23)14-29(2,25)26/h3-10H,11-14H2,1-2H3,(H,21,24). The number of amides is 1. The Labute approximate surface area is 169 Å². The number of hydrogen-bond donors (Lipinski definition) is 1. The van der Waals surface area contributed by atoms with Crippen LogP contribution in [0.25, 0.3) is 11.0 Å². The zero-order valence-electron chi connectivity index (χ0n) is 16.3. The van der Waals surface area contributed by atoms with Crippen LogP contribution in [0, 0.1) is 0 Å². The van der Waals surface area contributed by atoms with Crippen LogP contribution < -0.4 is 14.8 Å². The molecule has 0 bridgehead atoms. The van der Waals surface area contributed by atoms with Gasteiger partial charge in [-0.25, -0.2) is 13.4 Å². The van der Waals surface area contributed by atoms with Gasteiger partial charge in [-0.3, -0.25) is 4.79 Å². The fourth-order valence-electron chi connectivity index (χ4n) is 2.88. The van der Waals surface area contributed by atoms with Crippen molar-refractivity contribution in [1.82, 2.24) is 14.9 Å². The van der Waals surface area contributed by atoms with Crippen molar-refractivity contribution in [1.29, 1.82) is 0 Å². The van der Waals surface area contributed by atoms with Crippen LogP contribution in [-0.2, 0) is 26.9 Å². The lowest BCUT2D eigenvalue weighted by molar-refractivity contribution is -0.121. The highest BCUT2D eigenvalue weighted by molar-refractivity contribution is 7.89. The number of benzene rings is 2. The number of rotatable bonds is 9. The molecule has 3 aromatic rings. The number of sulfone groups is 1. The number of aromatic nitrogens is 2. The molecule has 0 spiro atoms. The second-order valence-corrected chi connectivity index (χ2v) is 8.69. The van der Waals surface area contributed by atoms with E-state index >= 15 is 0 Å². The third kappa shape index (κ3) is 5.71. The summed E-state index contributed by atoms with van der Waals surface area (Å²) >= 11 is 0. The highest BCUT2D eigenvalue weighted by atomic mass is 32.2. The van der Waals surface area contributed by atoms with Crippen LogP contribution in [0.4, 0.5) is 0 Å². The van der Waals surface area contributed by atoms with E-state index in [2.05, 4.69) is 10.3 Å². The summed E-state index contributed by atoms with van der Waals surface area (Å²) in [5.41, 5.74) is 1.37. The molecule has 8 nitrogen and oxygen atoms in total. The minimum atomic E-state index is -3.28. The van der Waals surface area contributed by atoms with Crippen molar-refractivity contribution in [3.63, 3.8) is 0 Å². The summed E-state index contributed by atoms with van der Waals surface area (Å²) in [5, 5.41) is 2.78. The molecule has 1 aromatic heterocycles. The van der Waals surface area contributed by atoms with Gasteiger partial charge in [0.05, 0.1) is 24.7 Å². The topological polar surface area (TPSA) is 99.5 Å². The highest BCUT2D eigenvalue weighted by Crippen LogP contribution is 2.18. The minimum Gasteiger partial charge on any atom is -0.497 e. The molecule has 0 fully saturated rings. The Bertz CT molecular complexity index is 1090. The lowest BCUT2D eigenvalue weighted by Gasteiger charge is -2.11. The van der Waals surface area contributed by atoms with E-state index in [4.69, 9.17) is 9.47 Å². The van der Waals surface area contributed by atoms with Gasteiger partial charge in [0.25, 0.3) is 0 Å². The van der Waals surface area contributed by atoms with E-state index in [-0.39, 0.29) is 18.2 Å². The normalized spacial score (nSPS) is 11.4. The van der Waals surface area contributed by atoms with Crippen LogP contribution >= 0.6 is 0 Å². The van der Waals surface area contributed by atoms with Crippen LogP contribution in [-0.4, -0.2) is 50.4 Å². The summed E-state index contributed by atoms with van der Waals surface area (Å²) in [6.45, 7) is 0.603. The Kier molecular flexibility index (Phi) is 6.38. The molecule has 154 valence electrons. The van der Waals surface area contributed by atoms with Crippen molar-refractivity contribution in [3.8, 4) is 11.5 Å². The second-order valence-electron chi connectivity index (χ2n) is 6.55. The monoisotopic (exact) mass is 417 g/mol. The molecular formula is C20H23N3O5S. The number of ether oxygens (including phenoxy) is 2. The third-order valence-corrected chi connectivity index (χ3v) is 4.96. The van der Waals surface area contributed by atoms with Gasteiger partial charge in [-0.2, -0.15) is 0 Å². The second kappa shape index (κ2) is 8.95. The number of imidazole rings is 1. The molecule has 0 aliphatic heterocycles. The van der Waals surface area contributed by atoms with Gasteiger partial charge in [0.15, 0.2) is 9.84 Å². The Balaban J connectivity index is 1.59. The average Bonchev–Trinajstić information content (AvgIpc) is 3.01. The van der Waals surface area contributed by atoms with Crippen LogP contribution in [0.3, 0.4) is 0 Å². The molecule has 1 amide bonds. The quantitative estimate of drug-likeness (QED) is 0.533. The first-order chi connectivity index (χ1) is 13.9. The molecule has 1 heterocycles. The van der Waals surface area contributed by atoms with Gasteiger partial charge in [0, 0.05) is 6.26 Å². The van der Waals surface area contributed by atoms with Crippen molar-refractivity contribution in [2.75, 3.05) is 26.5 Å². The van der Waals surface area contributed by atoms with E-state index < -0.39 is 9.84 Å². The van der Waals surface area contributed by atoms with Gasteiger partial charge in [-0.15, -0.1) is 0 Å². The lowest BCUT2D eigenvalue weighted by Crippen LogP contribution is -2.31. The maximum absolute atomic E-state index is 12.4. The molecule has 0 aliphatic carbocycles. The molecule has 0 unspecified atom stereocenters.